The van der Waals surface area contributed by atoms with E-state index in [4.69, 9.17) is 13.9 Å². The van der Waals surface area contributed by atoms with E-state index in [1.54, 1.807) is 25.3 Å². The van der Waals surface area contributed by atoms with E-state index < -0.39 is 5.60 Å². The van der Waals surface area contributed by atoms with Crippen molar-refractivity contribution in [1.29, 1.82) is 0 Å². The Morgan fingerprint density at radius 1 is 1.40 bits per heavy atom. The van der Waals surface area contributed by atoms with Crippen LogP contribution in [0.25, 0.3) is 0 Å². The lowest BCUT2D eigenvalue weighted by atomic mass is 10.0. The van der Waals surface area contributed by atoms with Crippen LogP contribution in [0.1, 0.15) is 32.4 Å². The summed E-state index contributed by atoms with van der Waals surface area (Å²) in [4.78, 5) is 6.84. The highest BCUT2D eigenvalue weighted by Gasteiger charge is 2.33. The van der Waals surface area contributed by atoms with Gasteiger partial charge < -0.3 is 29.2 Å². The van der Waals surface area contributed by atoms with E-state index in [9.17, 15) is 5.11 Å². The van der Waals surface area contributed by atoms with Crippen LogP contribution in [-0.2, 0) is 15.1 Å². The molecular weight excluding hydrogens is 322 g/mol. The fourth-order valence-electron chi connectivity index (χ4n) is 3.31. The summed E-state index contributed by atoms with van der Waals surface area (Å²) in [6.07, 6.45) is 3.97. The Hall–Kier alpha value is -1.57. The highest BCUT2D eigenvalue weighted by Crippen LogP contribution is 2.23. The minimum atomic E-state index is -1.13. The largest absolute Gasteiger partial charge is 0.466 e. The quantitative estimate of drug-likeness (QED) is 0.615. The Labute approximate surface area is 149 Å². The highest BCUT2D eigenvalue weighted by molar-refractivity contribution is 5.80. The lowest BCUT2D eigenvalue weighted by Crippen LogP contribution is -2.53. The lowest BCUT2D eigenvalue weighted by molar-refractivity contribution is -0.0817. The Morgan fingerprint density at radius 2 is 2.24 bits per heavy atom. The van der Waals surface area contributed by atoms with Gasteiger partial charge in [-0.2, -0.15) is 0 Å². The second-order valence-electron chi connectivity index (χ2n) is 6.83. The van der Waals surface area contributed by atoms with Gasteiger partial charge in [0.05, 0.1) is 25.5 Å². The van der Waals surface area contributed by atoms with E-state index in [1.165, 1.54) is 0 Å². The van der Waals surface area contributed by atoms with E-state index in [0.717, 1.165) is 45.0 Å². The first kappa shape index (κ1) is 18.2. The summed E-state index contributed by atoms with van der Waals surface area (Å²) in [6.45, 7) is 7.76. The fraction of sp³-hybridized carbons (Fsp3) is 0.722. The normalized spacial score (nSPS) is 27.3. The molecule has 3 heterocycles. The SMILES string of the molecule is CCNC(=NCC(C)(O)c1ccco1)N1CCOC(C2CCCO2)C1. The van der Waals surface area contributed by atoms with E-state index in [-0.39, 0.29) is 18.8 Å². The van der Waals surface area contributed by atoms with Crippen LogP contribution in [0.15, 0.2) is 27.8 Å². The zero-order valence-electron chi connectivity index (χ0n) is 15.1. The number of furan rings is 1. The summed E-state index contributed by atoms with van der Waals surface area (Å²) in [6, 6.07) is 3.54. The first-order valence-electron chi connectivity index (χ1n) is 9.13. The molecule has 2 aliphatic rings. The predicted octanol–water partition coefficient (Wildman–Crippen LogP) is 1.33. The molecule has 2 aliphatic heterocycles. The number of hydrogen-bond donors (Lipinski definition) is 2. The molecule has 0 radical (unpaired) electrons. The third-order valence-corrected chi connectivity index (χ3v) is 4.70. The Morgan fingerprint density at radius 3 is 2.92 bits per heavy atom. The molecule has 7 heteroatoms. The molecule has 140 valence electrons. The predicted molar refractivity (Wildman–Crippen MR) is 94.5 cm³/mol. The van der Waals surface area contributed by atoms with E-state index >= 15 is 0 Å². The lowest BCUT2D eigenvalue weighted by Gasteiger charge is -2.37. The third-order valence-electron chi connectivity index (χ3n) is 4.70. The van der Waals surface area contributed by atoms with Gasteiger partial charge in [0.2, 0.25) is 0 Å². The second-order valence-corrected chi connectivity index (χ2v) is 6.83. The van der Waals surface area contributed by atoms with Gasteiger partial charge in [-0.3, -0.25) is 0 Å². The van der Waals surface area contributed by atoms with Crippen molar-refractivity contribution in [2.45, 2.75) is 44.5 Å². The number of guanidine groups is 1. The van der Waals surface area contributed by atoms with Gasteiger partial charge in [0.15, 0.2) is 5.96 Å². The molecule has 3 rings (SSSR count). The van der Waals surface area contributed by atoms with E-state index in [1.807, 2.05) is 6.92 Å². The Bertz CT molecular complexity index is 553. The number of aliphatic imine (C=N–C) groups is 1. The molecule has 1 aromatic heterocycles. The maximum absolute atomic E-state index is 10.6. The summed E-state index contributed by atoms with van der Waals surface area (Å²) in [7, 11) is 0. The number of ether oxygens (including phenoxy) is 2. The average Bonchev–Trinajstić information content (AvgIpc) is 3.32. The van der Waals surface area contributed by atoms with Gasteiger partial charge in [0.1, 0.15) is 17.5 Å². The van der Waals surface area contributed by atoms with Crippen molar-refractivity contribution in [3.63, 3.8) is 0 Å². The van der Waals surface area contributed by atoms with Gasteiger partial charge in [-0.1, -0.05) is 0 Å². The van der Waals surface area contributed by atoms with Gasteiger partial charge in [-0.25, -0.2) is 4.99 Å². The summed E-state index contributed by atoms with van der Waals surface area (Å²) in [5, 5.41) is 13.9. The molecule has 2 saturated heterocycles. The maximum atomic E-state index is 10.6. The first-order chi connectivity index (χ1) is 12.1. The maximum Gasteiger partial charge on any atom is 0.194 e. The summed E-state index contributed by atoms with van der Waals surface area (Å²) >= 11 is 0. The van der Waals surface area contributed by atoms with Crippen molar-refractivity contribution in [3.8, 4) is 0 Å². The molecule has 2 N–H and O–H groups in total. The van der Waals surface area contributed by atoms with Crippen molar-refractivity contribution in [2.75, 3.05) is 39.4 Å². The first-order valence-corrected chi connectivity index (χ1v) is 9.13. The van der Waals surface area contributed by atoms with Crippen LogP contribution in [0.5, 0.6) is 0 Å². The number of nitrogens with zero attached hydrogens (tertiary/aromatic N) is 2. The second kappa shape index (κ2) is 8.21. The third kappa shape index (κ3) is 4.54. The smallest absolute Gasteiger partial charge is 0.194 e. The molecule has 0 spiro atoms. The molecule has 3 unspecified atom stereocenters. The summed E-state index contributed by atoms with van der Waals surface area (Å²) < 4.78 is 17.0. The minimum absolute atomic E-state index is 0.0747. The van der Waals surface area contributed by atoms with Crippen LogP contribution in [-0.4, -0.2) is 67.6 Å². The van der Waals surface area contributed by atoms with E-state index in [0.29, 0.717) is 12.4 Å². The highest BCUT2D eigenvalue weighted by atomic mass is 16.5. The van der Waals surface area contributed by atoms with E-state index in [2.05, 4.69) is 15.2 Å². The number of hydrogen-bond acceptors (Lipinski definition) is 5. The number of morpholine rings is 1. The van der Waals surface area contributed by atoms with Gasteiger partial charge in [-0.15, -0.1) is 0 Å². The van der Waals surface area contributed by atoms with Crippen molar-refractivity contribution < 1.29 is 19.0 Å². The monoisotopic (exact) mass is 351 g/mol. The Balaban J connectivity index is 1.66. The molecule has 0 aromatic carbocycles. The van der Waals surface area contributed by atoms with Crippen LogP contribution < -0.4 is 5.32 Å². The minimum Gasteiger partial charge on any atom is -0.466 e. The molecule has 0 aliphatic carbocycles. The zero-order chi connectivity index (χ0) is 17.7. The van der Waals surface area contributed by atoms with Crippen LogP contribution in [0.4, 0.5) is 0 Å². The topological polar surface area (TPSA) is 79.5 Å². The van der Waals surface area contributed by atoms with Crippen molar-refractivity contribution >= 4 is 5.96 Å². The molecule has 0 amide bonds. The molecule has 2 fully saturated rings. The van der Waals surface area contributed by atoms with Crippen LogP contribution in [0.3, 0.4) is 0 Å². The number of aliphatic hydroxyl groups is 1. The number of nitrogens with one attached hydrogen (secondary N) is 1. The summed E-state index contributed by atoms with van der Waals surface area (Å²) in [5.74, 6) is 1.31. The van der Waals surface area contributed by atoms with Crippen molar-refractivity contribution in [1.82, 2.24) is 10.2 Å². The van der Waals surface area contributed by atoms with Crippen LogP contribution in [0, 0.1) is 0 Å². The molecule has 3 atom stereocenters. The van der Waals surface area contributed by atoms with Gasteiger partial charge in [0.25, 0.3) is 0 Å². The van der Waals surface area contributed by atoms with Gasteiger partial charge in [-0.05, 0) is 38.8 Å². The summed E-state index contributed by atoms with van der Waals surface area (Å²) in [5.41, 5.74) is -1.13. The molecule has 0 saturated carbocycles. The average molecular weight is 351 g/mol. The number of rotatable bonds is 5. The van der Waals surface area contributed by atoms with Gasteiger partial charge >= 0.3 is 0 Å². The Kier molecular flexibility index (Phi) is 5.98. The van der Waals surface area contributed by atoms with Crippen molar-refractivity contribution in [3.05, 3.63) is 24.2 Å². The fourth-order valence-corrected chi connectivity index (χ4v) is 3.31. The zero-order valence-corrected chi connectivity index (χ0v) is 15.1. The molecular formula is C18H29N3O4. The van der Waals surface area contributed by atoms with Crippen LogP contribution in [0.2, 0.25) is 0 Å². The standard InChI is InChI=1S/C18H29N3O4/c1-3-19-17(20-13-18(2,22)16-7-5-10-25-16)21-8-11-24-15(12-21)14-6-4-9-23-14/h5,7,10,14-15,22H,3-4,6,8-9,11-13H2,1-2H3,(H,19,20). The van der Waals surface area contributed by atoms with Gasteiger partial charge in [0, 0.05) is 26.2 Å². The molecule has 1 aromatic rings. The van der Waals surface area contributed by atoms with Crippen LogP contribution >= 0.6 is 0 Å². The molecule has 0 bridgehead atoms. The molecule has 7 nitrogen and oxygen atoms in total. The van der Waals surface area contributed by atoms with Crippen molar-refractivity contribution in [2.24, 2.45) is 4.99 Å². The molecule has 25 heavy (non-hydrogen) atoms.